The quantitative estimate of drug-likeness (QED) is 0.790. The molecule has 1 heterocycles. The molecule has 0 aliphatic carbocycles. The van der Waals surface area contributed by atoms with Crippen LogP contribution in [-0.4, -0.2) is 38.5 Å². The second-order valence-corrected chi connectivity index (χ2v) is 6.37. The van der Waals surface area contributed by atoms with Gasteiger partial charge in [0.05, 0.1) is 25.8 Å². The van der Waals surface area contributed by atoms with Gasteiger partial charge in [-0.1, -0.05) is 0 Å². The minimum atomic E-state index is -0.539. The van der Waals surface area contributed by atoms with E-state index in [1.54, 1.807) is 42.3 Å². The third kappa shape index (κ3) is 3.90. The summed E-state index contributed by atoms with van der Waals surface area (Å²) in [7, 11) is 3.06. The lowest BCUT2D eigenvalue weighted by Crippen LogP contribution is -2.28. The molecule has 28 heavy (non-hydrogen) atoms. The Balaban J connectivity index is 1.71. The fourth-order valence-electron chi connectivity index (χ4n) is 3.09. The topological polar surface area (TPSA) is 111 Å². The molecule has 3 amide bonds. The van der Waals surface area contributed by atoms with E-state index in [-0.39, 0.29) is 24.8 Å². The molecule has 1 saturated heterocycles. The maximum atomic E-state index is 12.6. The van der Waals surface area contributed by atoms with Crippen LogP contribution in [0, 0.1) is 5.92 Å². The third-order valence-electron chi connectivity index (χ3n) is 4.61. The summed E-state index contributed by atoms with van der Waals surface area (Å²) in [6.45, 7) is 0.243. The number of hydrogen-bond donors (Lipinski definition) is 2. The zero-order valence-corrected chi connectivity index (χ0v) is 15.6. The average Bonchev–Trinajstić information content (AvgIpc) is 3.09. The van der Waals surface area contributed by atoms with Crippen LogP contribution in [0.15, 0.2) is 42.5 Å². The van der Waals surface area contributed by atoms with E-state index in [1.165, 1.54) is 19.2 Å². The Bertz CT molecular complexity index is 911. The van der Waals surface area contributed by atoms with Crippen molar-refractivity contribution >= 4 is 29.1 Å². The monoisotopic (exact) mass is 383 g/mol. The lowest BCUT2D eigenvalue weighted by molar-refractivity contribution is -0.122. The van der Waals surface area contributed by atoms with Crippen molar-refractivity contribution in [3.8, 4) is 11.5 Å². The van der Waals surface area contributed by atoms with Gasteiger partial charge < -0.3 is 25.4 Å². The highest BCUT2D eigenvalue weighted by molar-refractivity contribution is 6.04. The number of methoxy groups -OCH3 is 2. The van der Waals surface area contributed by atoms with Crippen LogP contribution < -0.4 is 25.4 Å². The summed E-state index contributed by atoms with van der Waals surface area (Å²) in [5, 5.41) is 2.77. The molecule has 3 N–H and O–H groups in total. The van der Waals surface area contributed by atoms with E-state index in [0.717, 1.165) is 0 Å². The van der Waals surface area contributed by atoms with Gasteiger partial charge in [-0.2, -0.15) is 0 Å². The van der Waals surface area contributed by atoms with Gasteiger partial charge in [-0.15, -0.1) is 0 Å². The van der Waals surface area contributed by atoms with Crippen molar-refractivity contribution in [1.29, 1.82) is 0 Å². The highest BCUT2D eigenvalue weighted by Gasteiger charge is 2.36. The molecule has 8 nitrogen and oxygen atoms in total. The van der Waals surface area contributed by atoms with Crippen LogP contribution in [0.5, 0.6) is 11.5 Å². The van der Waals surface area contributed by atoms with Crippen LogP contribution in [-0.2, 0) is 9.59 Å². The predicted octanol–water partition coefficient (Wildman–Crippen LogP) is 1.79. The molecule has 3 rings (SSSR count). The smallest absolute Gasteiger partial charge is 0.248 e. The van der Waals surface area contributed by atoms with E-state index >= 15 is 0 Å². The summed E-state index contributed by atoms with van der Waals surface area (Å²) < 4.78 is 10.5. The van der Waals surface area contributed by atoms with Gasteiger partial charge in [0.25, 0.3) is 0 Å². The molecular weight excluding hydrogens is 362 g/mol. The van der Waals surface area contributed by atoms with Crippen molar-refractivity contribution in [1.82, 2.24) is 0 Å². The lowest BCUT2D eigenvalue weighted by Gasteiger charge is -2.20. The number of carbonyl (C=O) groups is 3. The Hall–Kier alpha value is -3.55. The van der Waals surface area contributed by atoms with Crippen molar-refractivity contribution in [3.05, 3.63) is 48.0 Å². The molecule has 1 atom stereocenters. The number of hydrogen-bond acceptors (Lipinski definition) is 5. The van der Waals surface area contributed by atoms with Gasteiger partial charge in [-0.05, 0) is 36.4 Å². The van der Waals surface area contributed by atoms with E-state index in [2.05, 4.69) is 5.32 Å². The van der Waals surface area contributed by atoms with Crippen molar-refractivity contribution in [2.24, 2.45) is 11.7 Å². The van der Waals surface area contributed by atoms with Crippen LogP contribution in [0.1, 0.15) is 16.8 Å². The van der Waals surface area contributed by atoms with Crippen LogP contribution in [0.4, 0.5) is 11.4 Å². The largest absolute Gasteiger partial charge is 0.497 e. The van der Waals surface area contributed by atoms with Crippen LogP contribution in [0.2, 0.25) is 0 Å². The zero-order chi connectivity index (χ0) is 20.3. The summed E-state index contributed by atoms with van der Waals surface area (Å²) in [6, 6.07) is 11.4. The minimum absolute atomic E-state index is 0.0976. The first kappa shape index (κ1) is 19.2. The first-order valence-electron chi connectivity index (χ1n) is 8.66. The van der Waals surface area contributed by atoms with Crippen LogP contribution in [0.3, 0.4) is 0 Å². The number of carbonyl (C=O) groups excluding carboxylic acids is 3. The average molecular weight is 383 g/mol. The number of nitrogens with zero attached hydrogens (tertiary/aromatic N) is 1. The molecular formula is C20H21N3O5. The van der Waals surface area contributed by atoms with E-state index in [0.29, 0.717) is 28.4 Å². The molecule has 0 unspecified atom stereocenters. The molecule has 1 aliphatic heterocycles. The van der Waals surface area contributed by atoms with E-state index in [9.17, 15) is 14.4 Å². The summed E-state index contributed by atoms with van der Waals surface area (Å²) in [5.74, 6) is -0.363. The zero-order valence-electron chi connectivity index (χ0n) is 15.6. The second-order valence-electron chi connectivity index (χ2n) is 6.37. The standard InChI is InChI=1S/C20H21N3O5/c1-27-15-7-8-16(17(10-15)28-2)23-11-13(9-18(23)24)20(26)22-14-5-3-12(4-6-14)19(21)25/h3-8,10,13H,9,11H2,1-2H3,(H2,21,25)(H,22,26)/t13-/m1/s1. The SMILES string of the molecule is COc1ccc(N2C[C@H](C(=O)Nc3ccc(C(N)=O)cc3)CC2=O)c(OC)c1. The molecule has 0 spiro atoms. The third-order valence-corrected chi connectivity index (χ3v) is 4.61. The number of amides is 3. The maximum Gasteiger partial charge on any atom is 0.248 e. The van der Waals surface area contributed by atoms with Gasteiger partial charge >= 0.3 is 0 Å². The first-order chi connectivity index (χ1) is 13.4. The van der Waals surface area contributed by atoms with Gasteiger partial charge in [-0.3, -0.25) is 14.4 Å². The van der Waals surface area contributed by atoms with E-state index in [1.807, 2.05) is 0 Å². The summed E-state index contributed by atoms with van der Waals surface area (Å²) in [4.78, 5) is 37.7. The van der Waals surface area contributed by atoms with Gasteiger partial charge in [0.2, 0.25) is 17.7 Å². The number of rotatable bonds is 6. The molecule has 146 valence electrons. The van der Waals surface area contributed by atoms with Crippen molar-refractivity contribution < 1.29 is 23.9 Å². The van der Waals surface area contributed by atoms with Crippen molar-refractivity contribution in [2.75, 3.05) is 31.0 Å². The molecule has 0 radical (unpaired) electrons. The molecule has 0 bridgehead atoms. The fraction of sp³-hybridized carbons (Fsp3) is 0.250. The molecule has 2 aromatic carbocycles. The fourth-order valence-corrected chi connectivity index (χ4v) is 3.09. The molecule has 0 aromatic heterocycles. The van der Waals surface area contributed by atoms with E-state index in [4.69, 9.17) is 15.2 Å². The highest BCUT2D eigenvalue weighted by Crippen LogP contribution is 2.36. The second kappa shape index (κ2) is 7.99. The summed E-state index contributed by atoms with van der Waals surface area (Å²) >= 11 is 0. The van der Waals surface area contributed by atoms with Crippen molar-refractivity contribution in [3.63, 3.8) is 0 Å². The van der Waals surface area contributed by atoms with Crippen molar-refractivity contribution in [2.45, 2.75) is 6.42 Å². The predicted molar refractivity (Wildman–Crippen MR) is 104 cm³/mol. The Labute approximate surface area is 162 Å². The number of ether oxygens (including phenoxy) is 2. The molecule has 1 fully saturated rings. The molecule has 0 saturated carbocycles. The van der Waals surface area contributed by atoms with E-state index < -0.39 is 11.8 Å². The highest BCUT2D eigenvalue weighted by atomic mass is 16.5. The Kier molecular flexibility index (Phi) is 5.49. The molecule has 8 heteroatoms. The summed E-state index contributed by atoms with van der Waals surface area (Å²) in [6.07, 6.45) is 0.0976. The number of benzene rings is 2. The Morgan fingerprint density at radius 3 is 2.43 bits per heavy atom. The lowest BCUT2D eigenvalue weighted by atomic mass is 10.1. The minimum Gasteiger partial charge on any atom is -0.497 e. The maximum absolute atomic E-state index is 12.6. The number of primary amides is 1. The van der Waals surface area contributed by atoms with Crippen LogP contribution >= 0.6 is 0 Å². The van der Waals surface area contributed by atoms with Gasteiger partial charge in [0.15, 0.2) is 0 Å². The molecule has 2 aromatic rings. The van der Waals surface area contributed by atoms with Gasteiger partial charge in [-0.25, -0.2) is 0 Å². The number of nitrogens with one attached hydrogen (secondary N) is 1. The summed E-state index contributed by atoms with van der Waals surface area (Å²) in [5.41, 5.74) is 6.68. The first-order valence-corrected chi connectivity index (χ1v) is 8.66. The Morgan fingerprint density at radius 1 is 1.11 bits per heavy atom. The number of nitrogens with two attached hydrogens (primary N) is 1. The molecule has 1 aliphatic rings. The normalized spacial score (nSPS) is 16.0. The number of anilines is 2. The van der Waals surface area contributed by atoms with Gasteiger partial charge in [0, 0.05) is 30.3 Å². The van der Waals surface area contributed by atoms with Gasteiger partial charge in [0.1, 0.15) is 11.5 Å². The van der Waals surface area contributed by atoms with Crippen LogP contribution in [0.25, 0.3) is 0 Å². The Morgan fingerprint density at radius 2 is 1.82 bits per heavy atom.